The molecule has 0 aliphatic heterocycles. The van der Waals surface area contributed by atoms with E-state index < -0.39 is 0 Å². The fraction of sp³-hybridized carbons (Fsp3) is 0.667. The van der Waals surface area contributed by atoms with Crippen molar-refractivity contribution in [3.8, 4) is 0 Å². The molecule has 0 saturated heterocycles. The molecule has 0 fully saturated rings. The third-order valence-corrected chi connectivity index (χ3v) is 0. The maximum absolute atomic E-state index is 2.00. The van der Waals surface area contributed by atoms with Gasteiger partial charge in [0, 0.05) is 25.8 Å². The Hall–Kier alpha value is 0.870. The number of hydrogen-bond donors (Lipinski definition) is 0. The zero-order valence-corrected chi connectivity index (χ0v) is 4.96. The van der Waals surface area contributed by atoms with Gasteiger partial charge >= 0.3 is 0 Å². The van der Waals surface area contributed by atoms with Crippen LogP contribution in [0.5, 0.6) is 0 Å². The topological polar surface area (TPSA) is 0 Å². The molecule has 0 aromatic carbocycles. The van der Waals surface area contributed by atoms with Gasteiger partial charge in [0.2, 0.25) is 0 Å². The molecule has 0 rings (SSSR count). The minimum absolute atomic E-state index is 0. The van der Waals surface area contributed by atoms with Crippen LogP contribution in [0.25, 0.3) is 0 Å². The maximum atomic E-state index is 2.00. The molecule has 0 aromatic heterocycles. The molecule has 0 saturated carbocycles. The molecule has 0 aliphatic rings. The van der Waals surface area contributed by atoms with E-state index in [0.29, 0.717) is 0 Å². The van der Waals surface area contributed by atoms with Gasteiger partial charge in [0.25, 0.3) is 0 Å². The van der Waals surface area contributed by atoms with Crippen LogP contribution in [0.1, 0.15) is 13.8 Å². The average molecular weight is 88.0 g/mol. The standard InChI is InChI=1S/C3H7.Sc/c1-3-2;/h3H,1-2H3;/q-1;. The summed E-state index contributed by atoms with van der Waals surface area (Å²) in [5, 5.41) is 0. The van der Waals surface area contributed by atoms with Crippen molar-refractivity contribution in [1.29, 1.82) is 0 Å². The summed E-state index contributed by atoms with van der Waals surface area (Å²) in [6.45, 7) is 4.00. The monoisotopic (exact) mass is 88.0 g/mol. The fourth-order valence-corrected chi connectivity index (χ4v) is 0. The normalized spacial score (nSPS) is 4.50. The Labute approximate surface area is 46.4 Å². The Bertz CT molecular complexity index is 3.25. The SMILES string of the molecule is C[CH-]C.[Sc]. The van der Waals surface area contributed by atoms with Gasteiger partial charge in [-0.25, -0.2) is 0 Å². The van der Waals surface area contributed by atoms with Gasteiger partial charge in [0.1, 0.15) is 0 Å². The van der Waals surface area contributed by atoms with E-state index in [-0.39, 0.29) is 25.8 Å². The first-order chi connectivity index (χ1) is 1.41. The van der Waals surface area contributed by atoms with E-state index in [4.69, 9.17) is 0 Å². The van der Waals surface area contributed by atoms with Gasteiger partial charge in [0.05, 0.1) is 0 Å². The van der Waals surface area contributed by atoms with Crippen molar-refractivity contribution in [1.82, 2.24) is 0 Å². The maximum Gasteiger partial charge on any atom is 0 e. The summed E-state index contributed by atoms with van der Waals surface area (Å²) in [6.07, 6.45) is 2.00. The molecule has 1 heteroatoms. The Morgan fingerprint density at radius 1 is 1.25 bits per heavy atom. The first kappa shape index (κ1) is 8.85. The molecule has 0 heterocycles. The summed E-state index contributed by atoms with van der Waals surface area (Å²) < 4.78 is 0. The van der Waals surface area contributed by atoms with E-state index in [2.05, 4.69) is 0 Å². The van der Waals surface area contributed by atoms with Crippen LogP contribution in [0.2, 0.25) is 0 Å². The third kappa shape index (κ3) is 13.3. The molecule has 0 bridgehead atoms. The van der Waals surface area contributed by atoms with Crippen molar-refractivity contribution in [2.75, 3.05) is 0 Å². The van der Waals surface area contributed by atoms with Crippen LogP contribution in [0.3, 0.4) is 0 Å². The Kier molecular flexibility index (Phi) is 20.2. The van der Waals surface area contributed by atoms with Gasteiger partial charge in [-0.05, 0) is 0 Å². The van der Waals surface area contributed by atoms with Crippen molar-refractivity contribution in [3.05, 3.63) is 6.42 Å². The summed E-state index contributed by atoms with van der Waals surface area (Å²) in [7, 11) is 0. The smallest absolute Gasteiger partial charge is 0 e. The summed E-state index contributed by atoms with van der Waals surface area (Å²) in [5.74, 6) is 0. The molecule has 23 valence electrons. The summed E-state index contributed by atoms with van der Waals surface area (Å²) in [5.41, 5.74) is 0. The van der Waals surface area contributed by atoms with Gasteiger partial charge in [0.15, 0.2) is 0 Å². The molecule has 0 N–H and O–H groups in total. The van der Waals surface area contributed by atoms with Crippen molar-refractivity contribution in [2.45, 2.75) is 13.8 Å². The van der Waals surface area contributed by atoms with Crippen LogP contribution < -0.4 is 0 Å². The molecule has 0 aromatic rings. The van der Waals surface area contributed by atoms with Crippen LogP contribution in [0.15, 0.2) is 0 Å². The predicted molar refractivity (Wildman–Crippen MR) is 15.6 cm³/mol. The molecule has 0 amide bonds. The van der Waals surface area contributed by atoms with E-state index in [1.165, 1.54) is 0 Å². The Balaban J connectivity index is 0. The predicted octanol–water partition coefficient (Wildman–Crippen LogP) is 1.23. The van der Waals surface area contributed by atoms with E-state index in [0.717, 1.165) is 0 Å². The van der Waals surface area contributed by atoms with Crippen LogP contribution >= 0.6 is 0 Å². The van der Waals surface area contributed by atoms with Crippen LogP contribution in [0, 0.1) is 6.42 Å². The second kappa shape index (κ2) is 9.12. The van der Waals surface area contributed by atoms with Gasteiger partial charge in [-0.15, -0.1) is 0 Å². The van der Waals surface area contributed by atoms with Crippen molar-refractivity contribution in [3.63, 3.8) is 0 Å². The second-order valence-electron chi connectivity index (χ2n) is 0.577. The zero-order valence-electron chi connectivity index (χ0n) is 3.15. The third-order valence-electron chi connectivity index (χ3n) is 0. The first-order valence-corrected chi connectivity index (χ1v) is 1.15. The molecule has 0 unspecified atom stereocenters. The fourth-order valence-electron chi connectivity index (χ4n) is 0. The van der Waals surface area contributed by atoms with E-state index in [1.807, 2.05) is 20.3 Å². The minimum Gasteiger partial charge on any atom is -0.335 e. The van der Waals surface area contributed by atoms with Crippen LogP contribution in [0.4, 0.5) is 0 Å². The second-order valence-corrected chi connectivity index (χ2v) is 0.577. The molecule has 0 nitrogen and oxygen atoms in total. The largest absolute Gasteiger partial charge is 0.335 e. The van der Waals surface area contributed by atoms with Crippen molar-refractivity contribution >= 4 is 0 Å². The summed E-state index contributed by atoms with van der Waals surface area (Å²) in [6, 6.07) is 0. The van der Waals surface area contributed by atoms with Gasteiger partial charge < -0.3 is 6.42 Å². The van der Waals surface area contributed by atoms with Crippen LogP contribution in [-0.2, 0) is 25.8 Å². The quantitative estimate of drug-likeness (QED) is 0.390. The number of hydrogen-bond acceptors (Lipinski definition) is 0. The first-order valence-electron chi connectivity index (χ1n) is 1.15. The average Bonchev–Trinajstić information content (AvgIpc) is 0.918. The molecular weight excluding hydrogens is 81.0 g/mol. The molecule has 0 aliphatic carbocycles. The molecule has 4 heavy (non-hydrogen) atoms. The summed E-state index contributed by atoms with van der Waals surface area (Å²) in [4.78, 5) is 0. The number of rotatable bonds is 0. The van der Waals surface area contributed by atoms with Gasteiger partial charge in [-0.2, -0.15) is 13.8 Å². The Morgan fingerprint density at radius 2 is 1.25 bits per heavy atom. The Morgan fingerprint density at radius 3 is 1.25 bits per heavy atom. The van der Waals surface area contributed by atoms with E-state index >= 15 is 0 Å². The van der Waals surface area contributed by atoms with Gasteiger partial charge in [-0.1, -0.05) is 0 Å². The molecule has 1 radical (unpaired) electrons. The van der Waals surface area contributed by atoms with Crippen molar-refractivity contribution < 1.29 is 25.8 Å². The molecular formula is C3H7Sc-. The van der Waals surface area contributed by atoms with Gasteiger partial charge in [-0.3, -0.25) is 0 Å². The van der Waals surface area contributed by atoms with E-state index in [1.54, 1.807) is 0 Å². The molecule has 0 spiro atoms. The van der Waals surface area contributed by atoms with Crippen LogP contribution in [-0.4, -0.2) is 0 Å². The van der Waals surface area contributed by atoms with Crippen molar-refractivity contribution in [2.24, 2.45) is 0 Å². The summed E-state index contributed by atoms with van der Waals surface area (Å²) >= 11 is 0. The minimum atomic E-state index is 0. The zero-order chi connectivity index (χ0) is 2.71. The van der Waals surface area contributed by atoms with E-state index in [9.17, 15) is 0 Å². The molecule has 0 atom stereocenters.